The molecule has 1 fully saturated rings. The number of nitrogens with zero attached hydrogens (tertiary/aromatic N) is 2. The molecule has 0 saturated carbocycles. The van der Waals surface area contributed by atoms with Gasteiger partial charge in [0.2, 0.25) is 5.91 Å². The molecular weight excluding hydrogens is 416 g/mol. The van der Waals surface area contributed by atoms with E-state index in [-0.39, 0.29) is 23.9 Å². The third-order valence-corrected chi connectivity index (χ3v) is 6.88. The maximum atomic E-state index is 12.8. The van der Waals surface area contributed by atoms with Gasteiger partial charge in [0.15, 0.2) is 0 Å². The summed E-state index contributed by atoms with van der Waals surface area (Å²) in [6.07, 6.45) is 3.45. The molecule has 4 rings (SSSR count). The minimum Gasteiger partial charge on any atom is -0.349 e. The Bertz CT molecular complexity index is 937. The molecule has 6 nitrogen and oxygen atoms in total. The Morgan fingerprint density at radius 3 is 2.53 bits per heavy atom. The van der Waals surface area contributed by atoms with Gasteiger partial charge >= 0.3 is 0 Å². The van der Waals surface area contributed by atoms with Crippen LogP contribution in [0.15, 0.2) is 59.4 Å². The van der Waals surface area contributed by atoms with Crippen LogP contribution in [0.5, 0.6) is 0 Å². The highest BCUT2D eigenvalue weighted by atomic mass is 32.1. The van der Waals surface area contributed by atoms with E-state index in [4.69, 9.17) is 0 Å². The molecule has 0 bridgehead atoms. The molecule has 1 unspecified atom stereocenters. The van der Waals surface area contributed by atoms with Gasteiger partial charge in [0.1, 0.15) is 11.0 Å². The SMILES string of the molecule is O=C(CN1CCC(NC(=O)c2cccs2)CC1)NC(c1ccccc1)c1nccs1. The first-order valence-corrected chi connectivity index (χ1v) is 11.8. The number of amides is 2. The Morgan fingerprint density at radius 1 is 1.07 bits per heavy atom. The number of piperidine rings is 1. The van der Waals surface area contributed by atoms with Gasteiger partial charge in [0.05, 0.1) is 11.4 Å². The number of carbonyl (C=O) groups excluding carboxylic acids is 2. The second-order valence-electron chi connectivity index (χ2n) is 7.28. The van der Waals surface area contributed by atoms with Crippen molar-refractivity contribution >= 4 is 34.5 Å². The fourth-order valence-electron chi connectivity index (χ4n) is 3.62. The van der Waals surface area contributed by atoms with Gasteiger partial charge in [-0.05, 0) is 29.9 Å². The molecular formula is C22H24N4O2S2. The van der Waals surface area contributed by atoms with E-state index in [1.807, 2.05) is 53.2 Å². The Morgan fingerprint density at radius 2 is 1.87 bits per heavy atom. The van der Waals surface area contributed by atoms with Crippen molar-refractivity contribution in [2.75, 3.05) is 19.6 Å². The predicted octanol–water partition coefficient (Wildman–Crippen LogP) is 3.30. The number of aromatic nitrogens is 1. The van der Waals surface area contributed by atoms with Crippen LogP contribution in [0.25, 0.3) is 0 Å². The molecule has 3 heterocycles. The van der Waals surface area contributed by atoms with Gasteiger partial charge in [0.25, 0.3) is 5.91 Å². The average Bonchev–Trinajstić information content (AvgIpc) is 3.48. The zero-order valence-electron chi connectivity index (χ0n) is 16.5. The molecule has 1 aliphatic heterocycles. The number of thiazole rings is 1. The number of hydrogen-bond donors (Lipinski definition) is 2. The first kappa shape index (κ1) is 20.7. The molecule has 1 saturated heterocycles. The number of nitrogens with one attached hydrogen (secondary N) is 2. The number of rotatable bonds is 7. The second-order valence-corrected chi connectivity index (χ2v) is 9.16. The summed E-state index contributed by atoms with van der Waals surface area (Å²) in [7, 11) is 0. The first-order chi connectivity index (χ1) is 14.7. The summed E-state index contributed by atoms with van der Waals surface area (Å²) >= 11 is 2.99. The van der Waals surface area contributed by atoms with Crippen molar-refractivity contribution in [3.63, 3.8) is 0 Å². The lowest BCUT2D eigenvalue weighted by Gasteiger charge is -2.32. The molecule has 30 heavy (non-hydrogen) atoms. The highest BCUT2D eigenvalue weighted by Crippen LogP contribution is 2.23. The van der Waals surface area contributed by atoms with Crippen molar-refractivity contribution in [2.45, 2.75) is 24.9 Å². The van der Waals surface area contributed by atoms with Gasteiger partial charge in [-0.15, -0.1) is 22.7 Å². The topological polar surface area (TPSA) is 74.3 Å². The van der Waals surface area contributed by atoms with Gasteiger partial charge in [-0.25, -0.2) is 4.98 Å². The van der Waals surface area contributed by atoms with Gasteiger partial charge in [-0.2, -0.15) is 0 Å². The molecule has 2 amide bonds. The molecule has 156 valence electrons. The van der Waals surface area contributed by atoms with Crippen molar-refractivity contribution in [3.8, 4) is 0 Å². The third-order valence-electron chi connectivity index (χ3n) is 5.17. The highest BCUT2D eigenvalue weighted by Gasteiger charge is 2.24. The molecule has 0 aliphatic carbocycles. The van der Waals surface area contributed by atoms with Crippen LogP contribution in [-0.2, 0) is 4.79 Å². The van der Waals surface area contributed by atoms with E-state index in [1.165, 1.54) is 22.7 Å². The van der Waals surface area contributed by atoms with Crippen molar-refractivity contribution in [1.29, 1.82) is 0 Å². The van der Waals surface area contributed by atoms with E-state index >= 15 is 0 Å². The largest absolute Gasteiger partial charge is 0.349 e. The molecule has 1 atom stereocenters. The normalized spacial score (nSPS) is 16.1. The summed E-state index contributed by atoms with van der Waals surface area (Å²) < 4.78 is 0. The Balaban J connectivity index is 1.28. The second kappa shape index (κ2) is 9.97. The number of hydrogen-bond acceptors (Lipinski definition) is 6. The van der Waals surface area contributed by atoms with Crippen LogP contribution in [0.1, 0.15) is 39.1 Å². The zero-order chi connectivity index (χ0) is 20.8. The predicted molar refractivity (Wildman–Crippen MR) is 120 cm³/mol. The maximum absolute atomic E-state index is 12.8. The standard InChI is InChI=1S/C22H24N4O2S2/c27-19(25-20(22-23-10-14-30-22)16-5-2-1-3-6-16)15-26-11-8-17(9-12-26)24-21(28)18-7-4-13-29-18/h1-7,10,13-14,17,20H,8-9,11-12,15H2,(H,24,28)(H,25,27). The summed E-state index contributed by atoms with van der Waals surface area (Å²) in [5.41, 5.74) is 1.02. The monoisotopic (exact) mass is 440 g/mol. The van der Waals surface area contributed by atoms with E-state index in [0.717, 1.165) is 41.4 Å². The summed E-state index contributed by atoms with van der Waals surface area (Å²) in [6.45, 7) is 1.92. The average molecular weight is 441 g/mol. The van der Waals surface area contributed by atoms with Crippen molar-refractivity contribution in [1.82, 2.24) is 20.5 Å². The van der Waals surface area contributed by atoms with Crippen LogP contribution in [0.3, 0.4) is 0 Å². The fraction of sp³-hybridized carbons (Fsp3) is 0.318. The number of carbonyl (C=O) groups is 2. The summed E-state index contributed by atoms with van der Waals surface area (Å²) in [5.74, 6) is -0.0181. The van der Waals surface area contributed by atoms with Crippen LogP contribution in [-0.4, -0.2) is 47.4 Å². The Labute approximate surface area is 184 Å². The molecule has 0 spiro atoms. The molecule has 2 N–H and O–H groups in total. The highest BCUT2D eigenvalue weighted by molar-refractivity contribution is 7.12. The quantitative estimate of drug-likeness (QED) is 0.591. The van der Waals surface area contributed by atoms with Crippen LogP contribution >= 0.6 is 22.7 Å². The minimum absolute atomic E-state index is 0.00431. The number of benzene rings is 1. The summed E-state index contributed by atoms with van der Waals surface area (Å²) in [4.78, 5) is 32.3. The van der Waals surface area contributed by atoms with E-state index in [1.54, 1.807) is 6.20 Å². The zero-order valence-corrected chi connectivity index (χ0v) is 18.1. The first-order valence-electron chi connectivity index (χ1n) is 9.99. The molecule has 3 aromatic rings. The number of likely N-dealkylation sites (tertiary alicyclic amines) is 1. The van der Waals surface area contributed by atoms with Crippen LogP contribution in [0.2, 0.25) is 0 Å². The molecule has 1 aliphatic rings. The lowest BCUT2D eigenvalue weighted by atomic mass is 10.0. The van der Waals surface area contributed by atoms with Crippen molar-refractivity contribution in [3.05, 3.63) is 74.9 Å². The Hall–Kier alpha value is -2.55. The van der Waals surface area contributed by atoms with E-state index < -0.39 is 0 Å². The van der Waals surface area contributed by atoms with Crippen molar-refractivity contribution < 1.29 is 9.59 Å². The van der Waals surface area contributed by atoms with Gasteiger partial charge in [-0.3, -0.25) is 14.5 Å². The summed E-state index contributed by atoms with van der Waals surface area (Å²) in [6, 6.07) is 13.6. The molecule has 0 radical (unpaired) electrons. The number of thiophene rings is 1. The lowest BCUT2D eigenvalue weighted by molar-refractivity contribution is -0.123. The lowest BCUT2D eigenvalue weighted by Crippen LogP contribution is -2.47. The van der Waals surface area contributed by atoms with E-state index in [2.05, 4.69) is 20.5 Å². The van der Waals surface area contributed by atoms with Crippen molar-refractivity contribution in [2.24, 2.45) is 0 Å². The smallest absolute Gasteiger partial charge is 0.261 e. The van der Waals surface area contributed by atoms with Gasteiger partial charge in [0, 0.05) is 30.7 Å². The van der Waals surface area contributed by atoms with Gasteiger partial charge < -0.3 is 10.6 Å². The fourth-order valence-corrected chi connectivity index (χ4v) is 4.96. The van der Waals surface area contributed by atoms with Gasteiger partial charge in [-0.1, -0.05) is 36.4 Å². The molecule has 1 aromatic carbocycles. The van der Waals surface area contributed by atoms with E-state index in [9.17, 15) is 9.59 Å². The Kier molecular flexibility index (Phi) is 6.88. The minimum atomic E-state index is -0.235. The molecule has 8 heteroatoms. The molecule has 2 aromatic heterocycles. The van der Waals surface area contributed by atoms with Crippen LogP contribution in [0, 0.1) is 0 Å². The van der Waals surface area contributed by atoms with Crippen LogP contribution < -0.4 is 10.6 Å². The summed E-state index contributed by atoms with van der Waals surface area (Å²) in [5, 5.41) is 11.0. The maximum Gasteiger partial charge on any atom is 0.261 e. The van der Waals surface area contributed by atoms with E-state index in [0.29, 0.717) is 6.54 Å². The van der Waals surface area contributed by atoms with Crippen LogP contribution in [0.4, 0.5) is 0 Å². The third kappa shape index (κ3) is 5.33.